The van der Waals surface area contributed by atoms with Crippen molar-refractivity contribution in [2.75, 3.05) is 5.32 Å². The Hall–Kier alpha value is -2.41. The molecule has 0 saturated heterocycles. The van der Waals surface area contributed by atoms with Gasteiger partial charge in [0, 0.05) is 16.4 Å². The molecule has 0 aliphatic rings. The number of benzene rings is 1. The summed E-state index contributed by atoms with van der Waals surface area (Å²) < 4.78 is 2.80. The first kappa shape index (κ1) is 16.4. The minimum atomic E-state index is -0.278. The van der Waals surface area contributed by atoms with Crippen molar-refractivity contribution >= 4 is 33.3 Å². The van der Waals surface area contributed by atoms with E-state index < -0.39 is 0 Å². The van der Waals surface area contributed by atoms with Gasteiger partial charge >= 0.3 is 6.03 Å². The molecule has 2 aromatic heterocycles. The van der Waals surface area contributed by atoms with Gasteiger partial charge < -0.3 is 10.6 Å². The molecule has 7 heteroatoms. The summed E-state index contributed by atoms with van der Waals surface area (Å²) in [6, 6.07) is 12.6. The highest BCUT2D eigenvalue weighted by Gasteiger charge is 2.23. The molecule has 0 aliphatic heterocycles. The SMILES string of the molecule is CC(C)[C@@H](NC(=O)Nc1cccc(Br)c1)c1nnc2ccccn12. The number of anilines is 1. The third-order valence-electron chi connectivity index (χ3n) is 3.65. The molecule has 6 nitrogen and oxygen atoms in total. The molecule has 124 valence electrons. The monoisotopic (exact) mass is 387 g/mol. The number of aromatic nitrogens is 3. The second-order valence-corrected chi connectivity index (χ2v) is 6.73. The van der Waals surface area contributed by atoms with E-state index in [1.54, 1.807) is 0 Å². The summed E-state index contributed by atoms with van der Waals surface area (Å²) in [7, 11) is 0. The van der Waals surface area contributed by atoms with Crippen LogP contribution in [0.5, 0.6) is 0 Å². The Labute approximate surface area is 148 Å². The Kier molecular flexibility index (Phi) is 4.80. The molecule has 2 N–H and O–H groups in total. The molecule has 2 amide bonds. The normalized spacial score (nSPS) is 12.3. The lowest BCUT2D eigenvalue weighted by molar-refractivity contribution is 0.243. The van der Waals surface area contributed by atoms with E-state index in [1.807, 2.05) is 66.9 Å². The van der Waals surface area contributed by atoms with Crippen LogP contribution in [0.2, 0.25) is 0 Å². The average Bonchev–Trinajstić information content (AvgIpc) is 2.96. The van der Waals surface area contributed by atoms with Gasteiger partial charge in [-0.1, -0.05) is 41.9 Å². The fourth-order valence-corrected chi connectivity index (χ4v) is 2.88. The van der Waals surface area contributed by atoms with E-state index >= 15 is 0 Å². The fourth-order valence-electron chi connectivity index (χ4n) is 2.48. The molecule has 3 rings (SSSR count). The summed E-state index contributed by atoms with van der Waals surface area (Å²) >= 11 is 3.39. The first-order valence-corrected chi connectivity index (χ1v) is 8.46. The third kappa shape index (κ3) is 3.56. The van der Waals surface area contributed by atoms with Crippen molar-refractivity contribution < 1.29 is 4.79 Å². The maximum absolute atomic E-state index is 12.4. The molecule has 1 aromatic carbocycles. The first-order valence-electron chi connectivity index (χ1n) is 7.67. The predicted molar refractivity (Wildman–Crippen MR) is 96.9 cm³/mol. The molecule has 24 heavy (non-hydrogen) atoms. The van der Waals surface area contributed by atoms with Crippen molar-refractivity contribution in [1.29, 1.82) is 0 Å². The van der Waals surface area contributed by atoms with Crippen LogP contribution in [-0.2, 0) is 0 Å². The number of amides is 2. The number of urea groups is 1. The first-order chi connectivity index (χ1) is 11.5. The smallest absolute Gasteiger partial charge is 0.319 e. The van der Waals surface area contributed by atoms with E-state index in [9.17, 15) is 4.79 Å². The van der Waals surface area contributed by atoms with Crippen molar-refractivity contribution in [3.05, 3.63) is 59.0 Å². The number of nitrogens with one attached hydrogen (secondary N) is 2. The molecule has 1 atom stereocenters. The molecule has 3 aromatic rings. The number of fused-ring (bicyclic) bond motifs is 1. The van der Waals surface area contributed by atoms with Crippen molar-refractivity contribution in [3.63, 3.8) is 0 Å². The van der Waals surface area contributed by atoms with E-state index in [0.717, 1.165) is 15.8 Å². The van der Waals surface area contributed by atoms with Crippen molar-refractivity contribution in [1.82, 2.24) is 19.9 Å². The molecule has 0 bridgehead atoms. The maximum atomic E-state index is 12.4. The van der Waals surface area contributed by atoms with Crippen molar-refractivity contribution in [2.45, 2.75) is 19.9 Å². The Morgan fingerprint density at radius 2 is 2.00 bits per heavy atom. The van der Waals surface area contributed by atoms with Gasteiger partial charge in [0.25, 0.3) is 0 Å². The summed E-state index contributed by atoms with van der Waals surface area (Å²) in [5.41, 5.74) is 1.47. The summed E-state index contributed by atoms with van der Waals surface area (Å²) in [4.78, 5) is 12.4. The largest absolute Gasteiger partial charge is 0.328 e. The van der Waals surface area contributed by atoms with Crippen LogP contribution in [0.25, 0.3) is 5.65 Å². The van der Waals surface area contributed by atoms with Crippen LogP contribution in [0, 0.1) is 5.92 Å². The van der Waals surface area contributed by atoms with E-state index in [1.165, 1.54) is 0 Å². The van der Waals surface area contributed by atoms with Gasteiger partial charge in [-0.2, -0.15) is 0 Å². The van der Waals surface area contributed by atoms with Crippen LogP contribution in [0.4, 0.5) is 10.5 Å². The molecule has 0 unspecified atom stereocenters. The van der Waals surface area contributed by atoms with Crippen LogP contribution in [0.1, 0.15) is 25.7 Å². The second kappa shape index (κ2) is 7.00. The number of carbonyl (C=O) groups excluding carboxylic acids is 1. The van der Waals surface area contributed by atoms with E-state index in [0.29, 0.717) is 5.82 Å². The number of hydrogen-bond acceptors (Lipinski definition) is 3. The quantitative estimate of drug-likeness (QED) is 0.710. The van der Waals surface area contributed by atoms with Crippen LogP contribution < -0.4 is 10.6 Å². The highest BCUT2D eigenvalue weighted by Crippen LogP contribution is 2.21. The van der Waals surface area contributed by atoms with Gasteiger partial charge in [-0.3, -0.25) is 4.40 Å². The Bertz CT molecular complexity index is 861. The van der Waals surface area contributed by atoms with Crippen molar-refractivity contribution in [3.8, 4) is 0 Å². The molecule has 0 spiro atoms. The van der Waals surface area contributed by atoms with Crippen LogP contribution in [0.3, 0.4) is 0 Å². The molecule has 0 fully saturated rings. The van der Waals surface area contributed by atoms with Crippen molar-refractivity contribution in [2.24, 2.45) is 5.92 Å². The lowest BCUT2D eigenvalue weighted by atomic mass is 10.0. The van der Waals surface area contributed by atoms with E-state index in [2.05, 4.69) is 36.8 Å². The summed E-state index contributed by atoms with van der Waals surface area (Å²) in [6.07, 6.45) is 1.90. The molecular formula is C17H18BrN5O. The van der Waals surface area contributed by atoms with Gasteiger partial charge in [-0.05, 0) is 36.2 Å². The van der Waals surface area contributed by atoms with Gasteiger partial charge in [0.05, 0.1) is 6.04 Å². The summed E-state index contributed by atoms with van der Waals surface area (Å²) in [5.74, 6) is 0.871. The molecule has 0 saturated carbocycles. The van der Waals surface area contributed by atoms with Gasteiger partial charge in [0.1, 0.15) is 0 Å². The average molecular weight is 388 g/mol. The van der Waals surface area contributed by atoms with Gasteiger partial charge in [0.15, 0.2) is 11.5 Å². The van der Waals surface area contributed by atoms with Gasteiger partial charge in [0.2, 0.25) is 0 Å². The van der Waals surface area contributed by atoms with Gasteiger partial charge in [-0.15, -0.1) is 10.2 Å². The van der Waals surface area contributed by atoms with Gasteiger partial charge in [-0.25, -0.2) is 4.79 Å². The number of halogens is 1. The molecule has 0 aliphatic carbocycles. The molecule has 0 radical (unpaired) electrons. The maximum Gasteiger partial charge on any atom is 0.319 e. The van der Waals surface area contributed by atoms with Crippen LogP contribution in [-0.4, -0.2) is 20.6 Å². The Morgan fingerprint density at radius 1 is 1.17 bits per heavy atom. The molecule has 2 heterocycles. The van der Waals surface area contributed by atoms with Crippen LogP contribution in [0.15, 0.2) is 53.1 Å². The Balaban J connectivity index is 1.80. The molecular weight excluding hydrogens is 370 g/mol. The fraction of sp³-hybridized carbons (Fsp3) is 0.235. The minimum absolute atomic E-state index is 0.158. The third-order valence-corrected chi connectivity index (χ3v) is 4.15. The zero-order chi connectivity index (χ0) is 17.1. The number of carbonyl (C=O) groups is 1. The zero-order valence-corrected chi connectivity index (χ0v) is 15.0. The highest BCUT2D eigenvalue weighted by atomic mass is 79.9. The number of nitrogens with zero attached hydrogens (tertiary/aromatic N) is 3. The van der Waals surface area contributed by atoms with E-state index in [4.69, 9.17) is 0 Å². The number of rotatable bonds is 4. The number of hydrogen-bond donors (Lipinski definition) is 2. The zero-order valence-electron chi connectivity index (χ0n) is 13.4. The predicted octanol–water partition coefficient (Wildman–Crippen LogP) is 4.01. The van der Waals surface area contributed by atoms with E-state index in [-0.39, 0.29) is 18.0 Å². The summed E-state index contributed by atoms with van der Waals surface area (Å²) in [5, 5.41) is 14.2. The number of pyridine rings is 1. The standard InChI is InChI=1S/C17H18BrN5O/c1-11(2)15(16-22-21-14-8-3-4-9-23(14)16)20-17(24)19-13-7-5-6-12(18)10-13/h3-11,15H,1-2H3,(H2,19,20,24)/t15-/m1/s1. The highest BCUT2D eigenvalue weighted by molar-refractivity contribution is 9.10. The van der Waals surface area contributed by atoms with Crippen LogP contribution >= 0.6 is 15.9 Å². The lowest BCUT2D eigenvalue weighted by Gasteiger charge is -2.21. The Morgan fingerprint density at radius 3 is 2.75 bits per heavy atom. The minimum Gasteiger partial charge on any atom is -0.328 e. The topological polar surface area (TPSA) is 71.3 Å². The summed E-state index contributed by atoms with van der Waals surface area (Å²) in [6.45, 7) is 4.07. The second-order valence-electron chi connectivity index (χ2n) is 5.82. The lowest BCUT2D eigenvalue weighted by Crippen LogP contribution is -2.36.